The minimum Gasteiger partial charge on any atom is -0.367 e. The lowest BCUT2D eigenvalue weighted by atomic mass is 10.1. The number of nitrogens with one attached hydrogen (secondary N) is 1. The van der Waals surface area contributed by atoms with E-state index in [1.807, 2.05) is 24.3 Å². The Bertz CT molecular complexity index is 775. The average Bonchev–Trinajstić information content (AvgIpc) is 3.41. The first-order valence-corrected chi connectivity index (χ1v) is 9.36. The minimum atomic E-state index is -4.32. The lowest BCUT2D eigenvalue weighted by Crippen LogP contribution is -2.24. The Balaban J connectivity index is 1.42. The van der Waals surface area contributed by atoms with Gasteiger partial charge in [-0.05, 0) is 41.2 Å². The highest BCUT2D eigenvalue weighted by molar-refractivity contribution is 9.10. The molecule has 0 radical (unpaired) electrons. The minimum absolute atomic E-state index is 0.00113. The van der Waals surface area contributed by atoms with Crippen molar-refractivity contribution in [2.24, 2.45) is 5.92 Å². The summed E-state index contributed by atoms with van der Waals surface area (Å²) in [7, 11) is 0. The fourth-order valence-electron chi connectivity index (χ4n) is 2.92. The molecule has 144 valence electrons. The lowest BCUT2D eigenvalue weighted by molar-refractivity contribution is -0.176. The van der Waals surface area contributed by atoms with Crippen molar-refractivity contribution in [3.05, 3.63) is 69.7 Å². The maximum atomic E-state index is 12.3. The van der Waals surface area contributed by atoms with Crippen molar-refractivity contribution in [2.45, 2.75) is 31.7 Å². The molecule has 2 atom stereocenters. The lowest BCUT2D eigenvalue weighted by Gasteiger charge is -2.09. The van der Waals surface area contributed by atoms with E-state index in [-0.39, 0.29) is 24.3 Å². The molecule has 0 aliphatic heterocycles. The SMILES string of the molecule is O=C(NCc1ccc(COCC(F)(F)F)cc1)C1CC1c1ccc(Br)cc1. The van der Waals surface area contributed by atoms with Crippen molar-refractivity contribution in [1.82, 2.24) is 5.32 Å². The van der Waals surface area contributed by atoms with Crippen LogP contribution in [-0.4, -0.2) is 18.7 Å². The van der Waals surface area contributed by atoms with Gasteiger partial charge >= 0.3 is 6.18 Å². The zero-order valence-corrected chi connectivity index (χ0v) is 16.0. The molecule has 0 saturated heterocycles. The Morgan fingerprint density at radius 3 is 2.33 bits per heavy atom. The molecule has 1 aliphatic carbocycles. The smallest absolute Gasteiger partial charge is 0.367 e. The quantitative estimate of drug-likeness (QED) is 0.660. The summed E-state index contributed by atoms with van der Waals surface area (Å²) in [5, 5.41) is 2.93. The number of ether oxygens (including phenoxy) is 1. The van der Waals surface area contributed by atoms with Gasteiger partial charge in [-0.3, -0.25) is 4.79 Å². The maximum Gasteiger partial charge on any atom is 0.411 e. The fraction of sp³-hybridized carbons (Fsp3) is 0.350. The van der Waals surface area contributed by atoms with Crippen molar-refractivity contribution in [1.29, 1.82) is 0 Å². The molecule has 1 N–H and O–H groups in total. The molecule has 3 rings (SSSR count). The van der Waals surface area contributed by atoms with Crippen LogP contribution in [0.4, 0.5) is 13.2 Å². The van der Waals surface area contributed by atoms with Crippen LogP contribution >= 0.6 is 15.9 Å². The number of hydrogen-bond acceptors (Lipinski definition) is 2. The van der Waals surface area contributed by atoms with Crippen LogP contribution < -0.4 is 5.32 Å². The monoisotopic (exact) mass is 441 g/mol. The topological polar surface area (TPSA) is 38.3 Å². The zero-order chi connectivity index (χ0) is 19.4. The Morgan fingerprint density at radius 2 is 1.70 bits per heavy atom. The second-order valence-electron chi connectivity index (χ2n) is 6.64. The summed E-state index contributed by atoms with van der Waals surface area (Å²) < 4.78 is 41.8. The Kier molecular flexibility index (Phi) is 6.22. The van der Waals surface area contributed by atoms with Crippen molar-refractivity contribution in [3.63, 3.8) is 0 Å². The highest BCUT2D eigenvalue weighted by atomic mass is 79.9. The summed E-state index contributed by atoms with van der Waals surface area (Å²) in [5.41, 5.74) is 2.72. The summed E-state index contributed by atoms with van der Waals surface area (Å²) in [5.74, 6) is 0.299. The largest absolute Gasteiger partial charge is 0.411 e. The van der Waals surface area contributed by atoms with Crippen molar-refractivity contribution >= 4 is 21.8 Å². The van der Waals surface area contributed by atoms with Crippen molar-refractivity contribution in [3.8, 4) is 0 Å². The molecule has 2 unspecified atom stereocenters. The number of alkyl halides is 3. The van der Waals surface area contributed by atoms with Gasteiger partial charge in [-0.25, -0.2) is 0 Å². The summed E-state index contributed by atoms with van der Waals surface area (Å²) in [6.07, 6.45) is -3.47. The first-order chi connectivity index (χ1) is 12.8. The van der Waals surface area contributed by atoms with Crippen LogP contribution in [0.5, 0.6) is 0 Å². The van der Waals surface area contributed by atoms with Gasteiger partial charge in [0.1, 0.15) is 6.61 Å². The van der Waals surface area contributed by atoms with Gasteiger partial charge in [-0.15, -0.1) is 0 Å². The van der Waals surface area contributed by atoms with E-state index in [9.17, 15) is 18.0 Å². The third-order valence-corrected chi connectivity index (χ3v) is 4.98. The molecule has 1 fully saturated rings. The highest BCUT2D eigenvalue weighted by Crippen LogP contribution is 2.47. The summed E-state index contributed by atoms with van der Waals surface area (Å²) in [6.45, 7) is -0.957. The van der Waals surface area contributed by atoms with Crippen LogP contribution in [0.25, 0.3) is 0 Å². The predicted octanol–water partition coefficient (Wildman–Crippen LogP) is 4.95. The first kappa shape index (κ1) is 19.9. The molecule has 0 heterocycles. The molecule has 0 bridgehead atoms. The standard InChI is InChI=1S/C20H19BrF3NO2/c21-16-7-5-15(6-8-16)17-9-18(17)19(26)25-10-13-1-3-14(4-2-13)11-27-12-20(22,23)24/h1-8,17-18H,9-12H2,(H,25,26). The number of carbonyl (C=O) groups is 1. The third kappa shape index (κ3) is 6.07. The van der Waals surface area contributed by atoms with E-state index in [4.69, 9.17) is 0 Å². The van der Waals surface area contributed by atoms with E-state index in [0.29, 0.717) is 12.1 Å². The molecule has 27 heavy (non-hydrogen) atoms. The van der Waals surface area contributed by atoms with E-state index in [0.717, 1.165) is 16.5 Å². The molecular formula is C20H19BrF3NO2. The van der Waals surface area contributed by atoms with Gasteiger partial charge in [0.25, 0.3) is 0 Å². The summed E-state index contributed by atoms with van der Waals surface area (Å²) >= 11 is 3.40. The molecule has 2 aromatic carbocycles. The fourth-order valence-corrected chi connectivity index (χ4v) is 3.19. The van der Waals surface area contributed by atoms with Gasteiger partial charge in [-0.1, -0.05) is 52.3 Å². The number of halogens is 4. The molecule has 2 aromatic rings. The average molecular weight is 442 g/mol. The number of amides is 1. The Hall–Kier alpha value is -1.86. The Morgan fingerprint density at radius 1 is 1.07 bits per heavy atom. The molecule has 7 heteroatoms. The van der Waals surface area contributed by atoms with Crippen molar-refractivity contribution in [2.75, 3.05) is 6.61 Å². The van der Waals surface area contributed by atoms with Gasteiger partial charge in [0.2, 0.25) is 5.91 Å². The molecule has 1 saturated carbocycles. The molecule has 3 nitrogen and oxygen atoms in total. The van der Waals surface area contributed by atoms with E-state index in [1.165, 1.54) is 5.56 Å². The highest BCUT2D eigenvalue weighted by Gasteiger charge is 2.43. The van der Waals surface area contributed by atoms with E-state index >= 15 is 0 Å². The van der Waals surface area contributed by atoms with E-state index in [1.54, 1.807) is 24.3 Å². The van der Waals surface area contributed by atoms with Crippen molar-refractivity contribution < 1.29 is 22.7 Å². The van der Waals surface area contributed by atoms with E-state index < -0.39 is 12.8 Å². The van der Waals surface area contributed by atoms with Crippen LogP contribution in [-0.2, 0) is 22.7 Å². The number of rotatable bonds is 7. The van der Waals surface area contributed by atoms with Crippen LogP contribution in [0, 0.1) is 5.92 Å². The second-order valence-corrected chi connectivity index (χ2v) is 7.56. The van der Waals surface area contributed by atoms with Gasteiger partial charge in [0, 0.05) is 16.9 Å². The maximum absolute atomic E-state index is 12.3. The zero-order valence-electron chi connectivity index (χ0n) is 14.4. The van der Waals surface area contributed by atoms with E-state index in [2.05, 4.69) is 26.0 Å². The van der Waals surface area contributed by atoms with Crippen LogP contribution in [0.3, 0.4) is 0 Å². The predicted molar refractivity (Wildman–Crippen MR) is 99.0 cm³/mol. The molecule has 1 aliphatic rings. The van der Waals surface area contributed by atoms with Gasteiger partial charge in [-0.2, -0.15) is 13.2 Å². The van der Waals surface area contributed by atoms with Crippen LogP contribution in [0.1, 0.15) is 29.0 Å². The summed E-state index contributed by atoms with van der Waals surface area (Å²) in [4.78, 5) is 12.3. The van der Waals surface area contributed by atoms with Gasteiger partial charge in [0.05, 0.1) is 6.61 Å². The molecule has 0 spiro atoms. The third-order valence-electron chi connectivity index (χ3n) is 4.45. The van der Waals surface area contributed by atoms with Crippen LogP contribution in [0.15, 0.2) is 53.0 Å². The molecular weight excluding hydrogens is 423 g/mol. The number of benzene rings is 2. The molecule has 0 aromatic heterocycles. The normalized spacial score (nSPS) is 19.0. The number of hydrogen-bond donors (Lipinski definition) is 1. The first-order valence-electron chi connectivity index (χ1n) is 8.57. The van der Waals surface area contributed by atoms with Crippen LogP contribution in [0.2, 0.25) is 0 Å². The second kappa shape index (κ2) is 8.44. The number of carbonyl (C=O) groups excluding carboxylic acids is 1. The Labute approximate surface area is 164 Å². The summed E-state index contributed by atoms with van der Waals surface area (Å²) in [6, 6.07) is 15.0. The van der Waals surface area contributed by atoms with Gasteiger partial charge in [0.15, 0.2) is 0 Å². The van der Waals surface area contributed by atoms with Gasteiger partial charge < -0.3 is 10.1 Å². The molecule has 1 amide bonds.